The van der Waals surface area contributed by atoms with Crippen molar-refractivity contribution in [3.63, 3.8) is 0 Å². The van der Waals surface area contributed by atoms with Crippen LogP contribution in [0.5, 0.6) is 0 Å². The van der Waals surface area contributed by atoms with E-state index >= 15 is 0 Å². The van der Waals surface area contributed by atoms with Gasteiger partial charge in [0, 0.05) is 26.2 Å². The van der Waals surface area contributed by atoms with E-state index in [1.807, 2.05) is 6.92 Å². The molecule has 2 fully saturated rings. The van der Waals surface area contributed by atoms with Crippen molar-refractivity contribution in [2.45, 2.75) is 38.7 Å². The molecule has 2 aliphatic rings. The molecule has 0 saturated carbocycles. The van der Waals surface area contributed by atoms with Crippen molar-refractivity contribution in [3.8, 4) is 0 Å². The molecule has 2 atom stereocenters. The highest BCUT2D eigenvalue weighted by Gasteiger charge is 2.37. The van der Waals surface area contributed by atoms with E-state index in [1.165, 1.54) is 0 Å². The van der Waals surface area contributed by atoms with Crippen LogP contribution in [0, 0.1) is 5.92 Å². The molecule has 0 aromatic heterocycles. The molecule has 2 heterocycles. The number of piperidine rings is 1. The number of hydrogen-bond donors (Lipinski definition) is 1. The molecule has 0 spiro atoms. The van der Waals surface area contributed by atoms with Crippen LogP contribution in [0.15, 0.2) is 0 Å². The lowest BCUT2D eigenvalue weighted by Gasteiger charge is -2.36. The molecule has 2 unspecified atom stereocenters. The number of hydrogen-bond acceptors (Lipinski definition) is 3. The third-order valence-corrected chi connectivity index (χ3v) is 5.90. The fourth-order valence-electron chi connectivity index (χ4n) is 2.68. The zero-order valence-electron chi connectivity index (χ0n) is 10.4. The third kappa shape index (κ3) is 2.65. The summed E-state index contributed by atoms with van der Waals surface area (Å²) in [5.41, 5.74) is 0. The maximum atomic E-state index is 12.3. The van der Waals surface area contributed by atoms with Gasteiger partial charge in [0.05, 0.1) is 6.10 Å². The average Bonchev–Trinajstić information content (AvgIpc) is 2.83. The smallest absolute Gasteiger partial charge is 0.281 e. The number of rotatable bonds is 3. The summed E-state index contributed by atoms with van der Waals surface area (Å²) < 4.78 is 27.8. The first-order valence-corrected chi connectivity index (χ1v) is 7.88. The minimum absolute atomic E-state index is 0.0844. The number of nitrogens with zero attached hydrogens (tertiary/aromatic N) is 2. The zero-order chi connectivity index (χ0) is 12.5. The normalized spacial score (nSPS) is 33.1. The Morgan fingerprint density at radius 2 is 1.82 bits per heavy atom. The van der Waals surface area contributed by atoms with Crippen LogP contribution >= 0.6 is 0 Å². The Labute approximate surface area is 104 Å². The lowest BCUT2D eigenvalue weighted by Crippen LogP contribution is -2.50. The molecule has 5 nitrogen and oxygen atoms in total. The first kappa shape index (κ1) is 13.3. The second-order valence-corrected chi connectivity index (χ2v) is 6.92. The van der Waals surface area contributed by atoms with Gasteiger partial charge in [-0.05, 0) is 31.6 Å². The van der Waals surface area contributed by atoms with Crippen molar-refractivity contribution < 1.29 is 13.5 Å². The highest BCUT2D eigenvalue weighted by molar-refractivity contribution is 7.86. The van der Waals surface area contributed by atoms with Crippen LogP contribution < -0.4 is 0 Å². The maximum absolute atomic E-state index is 12.3. The SMILES string of the molecule is CCC1CN(S(=O)(=O)N2CCCC2)CCC1O. The van der Waals surface area contributed by atoms with Gasteiger partial charge in [0.25, 0.3) is 10.2 Å². The Morgan fingerprint density at radius 1 is 1.18 bits per heavy atom. The first-order valence-electron chi connectivity index (χ1n) is 6.49. The van der Waals surface area contributed by atoms with Crippen LogP contribution in [-0.4, -0.2) is 54.4 Å². The van der Waals surface area contributed by atoms with Gasteiger partial charge < -0.3 is 5.11 Å². The van der Waals surface area contributed by atoms with E-state index in [9.17, 15) is 13.5 Å². The molecule has 0 aromatic carbocycles. The molecule has 0 radical (unpaired) electrons. The van der Waals surface area contributed by atoms with Gasteiger partial charge in [0.15, 0.2) is 0 Å². The third-order valence-electron chi connectivity index (χ3n) is 3.90. The molecule has 2 saturated heterocycles. The first-order chi connectivity index (χ1) is 8.05. The van der Waals surface area contributed by atoms with E-state index in [0.29, 0.717) is 32.6 Å². The highest BCUT2D eigenvalue weighted by atomic mass is 32.2. The Morgan fingerprint density at radius 3 is 2.41 bits per heavy atom. The van der Waals surface area contributed by atoms with Gasteiger partial charge in [0.1, 0.15) is 0 Å². The molecule has 2 aliphatic heterocycles. The van der Waals surface area contributed by atoms with E-state index < -0.39 is 10.2 Å². The van der Waals surface area contributed by atoms with E-state index in [-0.39, 0.29) is 12.0 Å². The lowest BCUT2D eigenvalue weighted by atomic mass is 9.94. The maximum Gasteiger partial charge on any atom is 0.281 e. The summed E-state index contributed by atoms with van der Waals surface area (Å²) in [4.78, 5) is 0. The van der Waals surface area contributed by atoms with E-state index in [4.69, 9.17) is 0 Å². The molecule has 6 heteroatoms. The van der Waals surface area contributed by atoms with Crippen molar-refractivity contribution in [2.75, 3.05) is 26.2 Å². The van der Waals surface area contributed by atoms with Gasteiger partial charge in [-0.2, -0.15) is 17.0 Å². The van der Waals surface area contributed by atoms with Crippen molar-refractivity contribution in [1.29, 1.82) is 0 Å². The predicted molar refractivity (Wildman–Crippen MR) is 65.7 cm³/mol. The average molecular weight is 262 g/mol. The summed E-state index contributed by atoms with van der Waals surface area (Å²) in [5.74, 6) is 0.0844. The molecule has 0 aromatic rings. The van der Waals surface area contributed by atoms with Crippen molar-refractivity contribution in [3.05, 3.63) is 0 Å². The summed E-state index contributed by atoms with van der Waals surface area (Å²) in [6.07, 6.45) is 2.98. The molecule has 0 aliphatic carbocycles. The number of aliphatic hydroxyl groups is 1. The minimum atomic E-state index is -3.27. The second-order valence-electron chi connectivity index (χ2n) is 5.00. The van der Waals surface area contributed by atoms with Gasteiger partial charge >= 0.3 is 0 Å². The zero-order valence-corrected chi connectivity index (χ0v) is 11.2. The quantitative estimate of drug-likeness (QED) is 0.802. The molecular formula is C11H22N2O3S. The fraction of sp³-hybridized carbons (Fsp3) is 1.00. The largest absolute Gasteiger partial charge is 0.393 e. The van der Waals surface area contributed by atoms with E-state index in [2.05, 4.69) is 0 Å². The summed E-state index contributed by atoms with van der Waals surface area (Å²) in [5, 5.41) is 9.78. The van der Waals surface area contributed by atoms with Crippen LogP contribution in [0.4, 0.5) is 0 Å². The molecular weight excluding hydrogens is 240 g/mol. The van der Waals surface area contributed by atoms with Gasteiger partial charge in [0.2, 0.25) is 0 Å². The predicted octanol–water partition coefficient (Wildman–Crippen LogP) is 0.420. The fourth-order valence-corrected chi connectivity index (χ4v) is 4.44. The summed E-state index contributed by atoms with van der Waals surface area (Å²) >= 11 is 0. The van der Waals surface area contributed by atoms with E-state index in [0.717, 1.165) is 19.3 Å². The molecule has 0 bridgehead atoms. The Bertz CT molecular complexity index is 352. The molecule has 1 N–H and O–H groups in total. The number of aliphatic hydroxyl groups excluding tert-OH is 1. The van der Waals surface area contributed by atoms with Crippen LogP contribution in [0.3, 0.4) is 0 Å². The standard InChI is InChI=1S/C11H22N2O3S/c1-2-10-9-13(8-5-11(10)14)17(15,16)12-6-3-4-7-12/h10-11,14H,2-9H2,1H3. The van der Waals surface area contributed by atoms with Gasteiger partial charge in [-0.1, -0.05) is 6.92 Å². The van der Waals surface area contributed by atoms with Gasteiger partial charge in [-0.15, -0.1) is 0 Å². The Kier molecular flexibility index (Phi) is 4.07. The van der Waals surface area contributed by atoms with Crippen molar-refractivity contribution in [2.24, 2.45) is 5.92 Å². The van der Waals surface area contributed by atoms with Crippen LogP contribution in [0.2, 0.25) is 0 Å². The monoisotopic (exact) mass is 262 g/mol. The summed E-state index contributed by atoms with van der Waals surface area (Å²) in [7, 11) is -3.27. The van der Waals surface area contributed by atoms with Crippen LogP contribution in [0.25, 0.3) is 0 Å². The molecule has 0 amide bonds. The molecule has 2 rings (SSSR count). The molecule has 100 valence electrons. The minimum Gasteiger partial charge on any atom is -0.393 e. The van der Waals surface area contributed by atoms with Gasteiger partial charge in [-0.25, -0.2) is 0 Å². The topological polar surface area (TPSA) is 60.9 Å². The second kappa shape index (κ2) is 5.22. The summed E-state index contributed by atoms with van der Waals surface area (Å²) in [6, 6.07) is 0. The highest BCUT2D eigenvalue weighted by Crippen LogP contribution is 2.25. The van der Waals surface area contributed by atoms with Crippen LogP contribution in [0.1, 0.15) is 32.6 Å². The lowest BCUT2D eigenvalue weighted by molar-refractivity contribution is 0.0504. The van der Waals surface area contributed by atoms with E-state index in [1.54, 1.807) is 8.61 Å². The van der Waals surface area contributed by atoms with Crippen molar-refractivity contribution in [1.82, 2.24) is 8.61 Å². The van der Waals surface area contributed by atoms with Crippen LogP contribution in [-0.2, 0) is 10.2 Å². The van der Waals surface area contributed by atoms with Crippen molar-refractivity contribution >= 4 is 10.2 Å². The Balaban J connectivity index is 2.06. The summed E-state index contributed by atoms with van der Waals surface area (Å²) in [6.45, 7) is 4.23. The Hall–Kier alpha value is -0.170. The molecule has 17 heavy (non-hydrogen) atoms. The van der Waals surface area contributed by atoms with Gasteiger partial charge in [-0.3, -0.25) is 0 Å².